The maximum Gasteiger partial charge on any atom is 0.326 e. The van der Waals surface area contributed by atoms with Gasteiger partial charge in [-0.3, -0.25) is 0 Å². The molecule has 1 aromatic heterocycles. The summed E-state index contributed by atoms with van der Waals surface area (Å²) in [6.45, 7) is 0.604. The van der Waals surface area contributed by atoms with Crippen LogP contribution in [-0.4, -0.2) is 40.7 Å². The summed E-state index contributed by atoms with van der Waals surface area (Å²) in [5.74, 6) is -0.470. The largest absolute Gasteiger partial charge is 0.496 e. The fourth-order valence-electron chi connectivity index (χ4n) is 3.89. The van der Waals surface area contributed by atoms with E-state index in [0.717, 1.165) is 12.0 Å². The molecule has 1 atom stereocenters. The Kier molecular flexibility index (Phi) is 6.04. The summed E-state index contributed by atoms with van der Waals surface area (Å²) in [6, 6.07) is 9.77. The van der Waals surface area contributed by atoms with Gasteiger partial charge in [0.05, 0.1) is 12.7 Å². The number of ether oxygens (including phenoxy) is 1. The van der Waals surface area contributed by atoms with Crippen LogP contribution in [0.3, 0.4) is 0 Å². The number of hydrogen-bond acceptors (Lipinski definition) is 5. The third kappa shape index (κ3) is 4.32. The van der Waals surface area contributed by atoms with Crippen molar-refractivity contribution in [1.29, 1.82) is 0 Å². The van der Waals surface area contributed by atoms with Crippen LogP contribution in [0.1, 0.15) is 24.0 Å². The van der Waals surface area contributed by atoms with E-state index in [1.807, 2.05) is 0 Å². The zero-order chi connectivity index (χ0) is 22.0. The third-order valence-corrected chi connectivity index (χ3v) is 5.63. The Bertz CT molecular complexity index is 1110. The van der Waals surface area contributed by atoms with Crippen molar-refractivity contribution < 1.29 is 19.0 Å². The molecule has 2 heterocycles. The van der Waals surface area contributed by atoms with E-state index in [2.05, 4.69) is 9.97 Å². The van der Waals surface area contributed by atoms with Crippen LogP contribution in [0.4, 0.5) is 10.3 Å². The zero-order valence-electron chi connectivity index (χ0n) is 16.9. The van der Waals surface area contributed by atoms with Gasteiger partial charge in [-0.2, -0.15) is 0 Å². The van der Waals surface area contributed by atoms with Crippen LogP contribution in [0, 0.1) is 5.82 Å². The van der Waals surface area contributed by atoms with Gasteiger partial charge >= 0.3 is 5.97 Å². The van der Waals surface area contributed by atoms with Crippen molar-refractivity contribution in [3.8, 4) is 16.9 Å². The molecule has 160 valence electrons. The van der Waals surface area contributed by atoms with Gasteiger partial charge in [-0.15, -0.1) is 0 Å². The second-order valence-electron chi connectivity index (χ2n) is 7.38. The number of anilines is 1. The zero-order valence-corrected chi connectivity index (χ0v) is 17.6. The van der Waals surface area contributed by atoms with E-state index in [4.69, 9.17) is 16.3 Å². The monoisotopic (exact) mass is 441 g/mol. The van der Waals surface area contributed by atoms with Crippen molar-refractivity contribution in [2.75, 3.05) is 18.6 Å². The molecule has 0 bridgehead atoms. The lowest BCUT2D eigenvalue weighted by atomic mass is 9.98. The minimum Gasteiger partial charge on any atom is -0.496 e. The predicted molar refractivity (Wildman–Crippen MR) is 116 cm³/mol. The van der Waals surface area contributed by atoms with E-state index < -0.39 is 17.8 Å². The summed E-state index contributed by atoms with van der Waals surface area (Å²) in [5, 5.41) is 9.86. The minimum absolute atomic E-state index is 0.284. The number of carboxylic acid groups (broad SMARTS) is 1. The first-order valence-electron chi connectivity index (χ1n) is 9.89. The highest BCUT2D eigenvalue weighted by atomic mass is 35.5. The molecule has 0 aliphatic carbocycles. The van der Waals surface area contributed by atoms with Crippen LogP contribution in [0.5, 0.6) is 5.75 Å². The van der Waals surface area contributed by atoms with Gasteiger partial charge in [0, 0.05) is 30.4 Å². The van der Waals surface area contributed by atoms with Crippen LogP contribution in [0.15, 0.2) is 48.8 Å². The molecule has 8 heteroatoms. The summed E-state index contributed by atoms with van der Waals surface area (Å²) in [6.07, 6.45) is 4.87. The quantitative estimate of drug-likeness (QED) is 0.603. The molecule has 4 rings (SSSR count). The average molecular weight is 442 g/mol. The number of hydrogen-bond donors (Lipinski definition) is 1. The molecule has 3 aromatic rings. The number of aromatic nitrogens is 2. The molecule has 2 aromatic carbocycles. The molecule has 0 unspecified atom stereocenters. The molecular formula is C23H21ClFN3O3. The molecule has 0 amide bonds. The predicted octanol–water partition coefficient (Wildman–Crippen LogP) is 4.59. The average Bonchev–Trinajstić information content (AvgIpc) is 3.26. The Morgan fingerprint density at radius 3 is 2.74 bits per heavy atom. The van der Waals surface area contributed by atoms with Gasteiger partial charge in [-0.1, -0.05) is 29.8 Å². The summed E-state index contributed by atoms with van der Waals surface area (Å²) in [4.78, 5) is 21.8. The molecule has 1 aliphatic heterocycles. The maximum atomic E-state index is 15.5. The first kappa shape index (κ1) is 21.1. The number of carboxylic acids is 1. The fourth-order valence-corrected chi connectivity index (χ4v) is 4.08. The topological polar surface area (TPSA) is 75.5 Å². The number of carbonyl (C=O) groups is 1. The molecule has 31 heavy (non-hydrogen) atoms. The molecule has 0 radical (unpaired) electrons. The van der Waals surface area contributed by atoms with Crippen LogP contribution in [0.2, 0.25) is 5.02 Å². The summed E-state index contributed by atoms with van der Waals surface area (Å²) in [5.41, 5.74) is 2.16. The molecule has 1 aliphatic rings. The van der Waals surface area contributed by atoms with Gasteiger partial charge < -0.3 is 14.7 Å². The standard InChI is InChI=1S/C23H21ClFN3O3/c1-31-19-8-7-16(21(25)20(19)15-4-2-5-17(24)11-15)10-14-12-26-23(27-13-14)28-9-3-6-18(28)22(29)30/h2,4-5,7-8,11-13,18H,3,6,9-10H2,1H3,(H,29,30)/t18-/m0/s1. The molecule has 6 nitrogen and oxygen atoms in total. The van der Waals surface area contributed by atoms with Crippen LogP contribution in [-0.2, 0) is 11.2 Å². The smallest absolute Gasteiger partial charge is 0.326 e. The van der Waals surface area contributed by atoms with Crippen molar-refractivity contribution in [3.05, 3.63) is 70.8 Å². The summed E-state index contributed by atoms with van der Waals surface area (Å²) in [7, 11) is 1.50. The van der Waals surface area contributed by atoms with Crippen LogP contribution < -0.4 is 9.64 Å². The van der Waals surface area contributed by atoms with Crippen molar-refractivity contribution in [3.63, 3.8) is 0 Å². The second kappa shape index (κ2) is 8.89. The number of methoxy groups -OCH3 is 1. The van der Waals surface area contributed by atoms with Gasteiger partial charge in [0.25, 0.3) is 0 Å². The van der Waals surface area contributed by atoms with Gasteiger partial charge in [0.1, 0.15) is 17.6 Å². The van der Waals surface area contributed by atoms with Gasteiger partial charge in [-0.05, 0) is 47.7 Å². The highest BCUT2D eigenvalue weighted by Crippen LogP contribution is 2.36. The Balaban J connectivity index is 1.61. The SMILES string of the molecule is COc1ccc(Cc2cnc(N3CCC[C@H]3C(=O)O)nc2)c(F)c1-c1cccc(Cl)c1. The molecule has 1 fully saturated rings. The van der Waals surface area contributed by atoms with Gasteiger partial charge in [0.2, 0.25) is 5.95 Å². The number of nitrogens with zero attached hydrogens (tertiary/aromatic N) is 3. The fraction of sp³-hybridized carbons (Fsp3) is 0.261. The van der Waals surface area contributed by atoms with Crippen molar-refractivity contribution in [2.24, 2.45) is 0 Å². The Morgan fingerprint density at radius 2 is 2.06 bits per heavy atom. The third-order valence-electron chi connectivity index (χ3n) is 5.40. The van der Waals surface area contributed by atoms with E-state index >= 15 is 4.39 Å². The van der Waals surface area contributed by atoms with Crippen molar-refractivity contribution in [1.82, 2.24) is 9.97 Å². The molecule has 1 N–H and O–H groups in total. The van der Waals surface area contributed by atoms with E-state index in [1.165, 1.54) is 7.11 Å². The lowest BCUT2D eigenvalue weighted by Crippen LogP contribution is -2.37. The lowest BCUT2D eigenvalue weighted by Gasteiger charge is -2.21. The molecule has 1 saturated heterocycles. The van der Waals surface area contributed by atoms with E-state index in [-0.39, 0.29) is 6.42 Å². The van der Waals surface area contributed by atoms with E-state index in [0.29, 0.717) is 46.4 Å². The van der Waals surface area contributed by atoms with Crippen LogP contribution in [0.25, 0.3) is 11.1 Å². The summed E-state index contributed by atoms with van der Waals surface area (Å²) < 4.78 is 20.8. The maximum absolute atomic E-state index is 15.5. The Hall–Kier alpha value is -3.19. The normalized spacial score (nSPS) is 15.8. The van der Waals surface area contributed by atoms with Crippen molar-refractivity contribution >= 4 is 23.5 Å². The highest BCUT2D eigenvalue weighted by molar-refractivity contribution is 6.30. The number of rotatable bonds is 6. The number of benzene rings is 2. The molecular weight excluding hydrogens is 421 g/mol. The minimum atomic E-state index is -0.876. The molecule has 0 saturated carbocycles. The number of halogens is 2. The highest BCUT2D eigenvalue weighted by Gasteiger charge is 2.32. The summed E-state index contributed by atoms with van der Waals surface area (Å²) >= 11 is 6.09. The first-order valence-corrected chi connectivity index (χ1v) is 10.3. The van der Waals surface area contributed by atoms with Crippen molar-refractivity contribution in [2.45, 2.75) is 25.3 Å². The first-order chi connectivity index (χ1) is 15.0. The van der Waals surface area contributed by atoms with E-state index in [9.17, 15) is 9.90 Å². The Labute approximate surface area is 184 Å². The number of aliphatic carboxylic acids is 1. The lowest BCUT2D eigenvalue weighted by molar-refractivity contribution is -0.138. The molecule has 0 spiro atoms. The van der Waals surface area contributed by atoms with Gasteiger partial charge in [0.15, 0.2) is 0 Å². The second-order valence-corrected chi connectivity index (χ2v) is 7.82. The van der Waals surface area contributed by atoms with Gasteiger partial charge in [-0.25, -0.2) is 19.2 Å². The Morgan fingerprint density at radius 1 is 1.29 bits per heavy atom. The van der Waals surface area contributed by atoms with E-state index in [1.54, 1.807) is 53.7 Å². The van der Waals surface area contributed by atoms with Crippen LogP contribution >= 0.6 is 11.6 Å².